The predicted octanol–water partition coefficient (Wildman–Crippen LogP) is 20.7. The van der Waals surface area contributed by atoms with Crippen molar-refractivity contribution in [2.45, 2.75) is 303 Å². The van der Waals surface area contributed by atoms with E-state index in [1.807, 2.05) is 0 Å². The first-order valence-electron chi connectivity index (χ1n) is 30.6. The van der Waals surface area contributed by atoms with Crippen LogP contribution in [0, 0.1) is 0 Å². The maximum atomic E-state index is 12.8. The number of hydrogen-bond acceptors (Lipinski definition) is 6. The molecule has 0 N–H and O–H groups in total. The second-order valence-corrected chi connectivity index (χ2v) is 20.2. The maximum Gasteiger partial charge on any atom is 0.306 e. The van der Waals surface area contributed by atoms with Crippen molar-refractivity contribution in [3.05, 3.63) is 85.1 Å². The first kappa shape index (κ1) is 68.6. The van der Waals surface area contributed by atoms with Gasteiger partial charge in [-0.1, -0.05) is 266 Å². The van der Waals surface area contributed by atoms with Gasteiger partial charge in [-0.2, -0.15) is 0 Å². The molecule has 0 saturated carbocycles. The molecule has 0 radical (unpaired) electrons. The molecule has 0 heterocycles. The topological polar surface area (TPSA) is 78.9 Å². The number of unbranched alkanes of at least 4 members (excludes halogenated alkanes) is 30. The lowest BCUT2D eigenvalue weighted by Gasteiger charge is -2.18. The molecule has 0 aliphatic heterocycles. The van der Waals surface area contributed by atoms with Gasteiger partial charge in [0.25, 0.3) is 0 Å². The van der Waals surface area contributed by atoms with E-state index in [1.54, 1.807) is 0 Å². The second-order valence-electron chi connectivity index (χ2n) is 20.2. The summed E-state index contributed by atoms with van der Waals surface area (Å²) in [7, 11) is 0. The van der Waals surface area contributed by atoms with Gasteiger partial charge in [-0.15, -0.1) is 0 Å². The van der Waals surface area contributed by atoms with Gasteiger partial charge in [-0.05, 0) is 96.3 Å². The number of hydrogen-bond donors (Lipinski definition) is 0. The molecule has 0 aliphatic carbocycles. The fourth-order valence-corrected chi connectivity index (χ4v) is 8.56. The van der Waals surface area contributed by atoms with Crippen LogP contribution < -0.4 is 0 Å². The molecule has 0 bridgehead atoms. The molecule has 0 amide bonds. The van der Waals surface area contributed by atoms with Crippen LogP contribution in [0.15, 0.2) is 85.1 Å². The molecule has 0 rings (SSSR count). The summed E-state index contributed by atoms with van der Waals surface area (Å²) in [4.78, 5) is 38.0. The summed E-state index contributed by atoms with van der Waals surface area (Å²) < 4.78 is 16.8. The van der Waals surface area contributed by atoms with E-state index in [0.717, 1.165) is 109 Å². The molecule has 6 nitrogen and oxygen atoms in total. The van der Waals surface area contributed by atoms with Gasteiger partial charge < -0.3 is 14.2 Å². The van der Waals surface area contributed by atoms with Crippen LogP contribution in [-0.2, 0) is 28.6 Å². The van der Waals surface area contributed by atoms with Gasteiger partial charge in [-0.25, -0.2) is 0 Å². The number of carbonyl (C=O) groups excluding carboxylic acids is 3. The van der Waals surface area contributed by atoms with Gasteiger partial charge >= 0.3 is 17.9 Å². The van der Waals surface area contributed by atoms with Crippen molar-refractivity contribution in [1.29, 1.82) is 0 Å². The third kappa shape index (κ3) is 57.5. The summed E-state index contributed by atoms with van der Waals surface area (Å²) >= 11 is 0. The molecule has 1 atom stereocenters. The lowest BCUT2D eigenvalue weighted by Crippen LogP contribution is -2.30. The average Bonchev–Trinajstić information content (AvgIpc) is 3.38. The molecule has 1 unspecified atom stereocenters. The van der Waals surface area contributed by atoms with Crippen LogP contribution in [0.4, 0.5) is 0 Å². The summed E-state index contributed by atoms with van der Waals surface area (Å²) in [5.41, 5.74) is 0. The molecule has 6 heteroatoms. The Labute approximate surface area is 445 Å². The average molecular weight is 1000 g/mol. The van der Waals surface area contributed by atoms with Crippen molar-refractivity contribution in [2.75, 3.05) is 13.2 Å². The quantitative estimate of drug-likeness (QED) is 0.0261. The van der Waals surface area contributed by atoms with E-state index in [0.29, 0.717) is 19.3 Å². The van der Waals surface area contributed by atoms with Crippen LogP contribution in [0.3, 0.4) is 0 Å². The number of ether oxygens (including phenoxy) is 3. The molecule has 0 fully saturated rings. The van der Waals surface area contributed by atoms with Crippen molar-refractivity contribution in [3.8, 4) is 0 Å². The predicted molar refractivity (Wildman–Crippen MR) is 311 cm³/mol. The first-order valence-corrected chi connectivity index (χ1v) is 30.6. The van der Waals surface area contributed by atoms with Crippen LogP contribution >= 0.6 is 0 Å². The standard InChI is InChI=1S/C66H114O6/c1-4-7-10-13-16-18-20-22-24-26-28-30-31-32-33-34-35-37-38-40-42-44-46-48-50-53-56-59-65(68)71-62-63(61-70-64(67)58-55-52-15-12-9-6-3)72-66(69)60-57-54-51-49-47-45-43-41-39-36-29-27-25-23-21-19-17-14-11-8-5-2/h7,10,16,18,21-24,27-30,39,41,63H,4-6,8-9,11-15,17,19-20,25-26,31-38,40,42-62H2,1-3H3/b10-7-,18-16-,23-21-,24-22-,29-27-,30-28-,41-39-. The highest BCUT2D eigenvalue weighted by Crippen LogP contribution is 2.16. The molecule has 0 aliphatic rings. The highest BCUT2D eigenvalue weighted by atomic mass is 16.6. The summed E-state index contributed by atoms with van der Waals surface area (Å²) in [6.07, 6.45) is 79.0. The fraction of sp³-hybridized carbons (Fsp3) is 0.742. The lowest BCUT2D eigenvalue weighted by atomic mass is 10.0. The highest BCUT2D eigenvalue weighted by molar-refractivity contribution is 5.71. The van der Waals surface area contributed by atoms with Crippen molar-refractivity contribution in [2.24, 2.45) is 0 Å². The normalized spacial score (nSPS) is 12.7. The first-order chi connectivity index (χ1) is 35.5. The van der Waals surface area contributed by atoms with Gasteiger partial charge in [0.2, 0.25) is 0 Å². The summed E-state index contributed by atoms with van der Waals surface area (Å²) in [5.74, 6) is -0.895. The van der Waals surface area contributed by atoms with E-state index >= 15 is 0 Å². The minimum absolute atomic E-state index is 0.0804. The van der Waals surface area contributed by atoms with Gasteiger partial charge in [0, 0.05) is 19.3 Å². The molecule has 0 aromatic heterocycles. The van der Waals surface area contributed by atoms with Crippen molar-refractivity contribution >= 4 is 17.9 Å². The molecule has 0 aromatic carbocycles. The summed E-state index contributed by atoms with van der Waals surface area (Å²) in [6, 6.07) is 0. The minimum atomic E-state index is -0.780. The van der Waals surface area contributed by atoms with E-state index in [-0.39, 0.29) is 31.1 Å². The van der Waals surface area contributed by atoms with Crippen LogP contribution in [0.5, 0.6) is 0 Å². The third-order valence-corrected chi connectivity index (χ3v) is 13.1. The summed E-state index contributed by atoms with van der Waals surface area (Å²) in [6.45, 7) is 6.46. The Morgan fingerprint density at radius 3 is 0.847 bits per heavy atom. The number of rotatable bonds is 55. The third-order valence-electron chi connectivity index (χ3n) is 13.1. The molecule has 0 spiro atoms. The van der Waals surface area contributed by atoms with Gasteiger partial charge in [0.1, 0.15) is 13.2 Å². The molecule has 0 saturated heterocycles. The van der Waals surface area contributed by atoms with Gasteiger partial charge in [0.15, 0.2) is 6.10 Å². The van der Waals surface area contributed by atoms with E-state index in [4.69, 9.17) is 14.2 Å². The van der Waals surface area contributed by atoms with E-state index in [9.17, 15) is 14.4 Å². The number of carbonyl (C=O) groups is 3. The smallest absolute Gasteiger partial charge is 0.306 e. The lowest BCUT2D eigenvalue weighted by molar-refractivity contribution is -0.167. The monoisotopic (exact) mass is 1000 g/mol. The summed E-state index contributed by atoms with van der Waals surface area (Å²) in [5, 5.41) is 0. The zero-order chi connectivity index (χ0) is 52.2. The highest BCUT2D eigenvalue weighted by Gasteiger charge is 2.19. The SMILES string of the molecule is CC/C=C\C/C=C\C/C=C\C/C=C\CCCCCCCCCCCCCCCCC(=O)OCC(COC(=O)CCCCCCCC)OC(=O)CCCCCCCC/C=C\C/C=C\C/C=C\CCCCCCC. The fourth-order valence-electron chi connectivity index (χ4n) is 8.56. The Morgan fingerprint density at radius 2 is 0.542 bits per heavy atom. The van der Waals surface area contributed by atoms with Crippen molar-refractivity contribution in [3.63, 3.8) is 0 Å². The molecule has 72 heavy (non-hydrogen) atoms. The number of allylic oxidation sites excluding steroid dienone is 14. The van der Waals surface area contributed by atoms with Gasteiger partial charge in [0.05, 0.1) is 0 Å². The van der Waals surface area contributed by atoms with Gasteiger partial charge in [-0.3, -0.25) is 14.4 Å². The maximum absolute atomic E-state index is 12.8. The van der Waals surface area contributed by atoms with Crippen molar-refractivity contribution in [1.82, 2.24) is 0 Å². The second kappa shape index (κ2) is 60.1. The Balaban J connectivity index is 4.11. The van der Waals surface area contributed by atoms with Crippen LogP contribution in [-0.4, -0.2) is 37.2 Å². The van der Waals surface area contributed by atoms with Crippen LogP contribution in [0.25, 0.3) is 0 Å². The molecular weight excluding hydrogens is 889 g/mol. The van der Waals surface area contributed by atoms with Crippen LogP contribution in [0.2, 0.25) is 0 Å². The van der Waals surface area contributed by atoms with E-state index in [1.165, 1.54) is 148 Å². The molecular formula is C66H114O6. The zero-order valence-electron chi connectivity index (χ0n) is 47.4. The Kier molecular flexibility index (Phi) is 57.3. The Bertz CT molecular complexity index is 1380. The molecule has 0 aromatic rings. The van der Waals surface area contributed by atoms with Crippen LogP contribution in [0.1, 0.15) is 297 Å². The number of esters is 3. The Hall–Kier alpha value is -3.41. The Morgan fingerprint density at radius 1 is 0.292 bits per heavy atom. The van der Waals surface area contributed by atoms with Crippen molar-refractivity contribution < 1.29 is 28.6 Å². The molecule has 414 valence electrons. The largest absolute Gasteiger partial charge is 0.462 e. The van der Waals surface area contributed by atoms with E-state index in [2.05, 4.69) is 106 Å². The zero-order valence-corrected chi connectivity index (χ0v) is 47.4. The van der Waals surface area contributed by atoms with E-state index < -0.39 is 6.10 Å². The minimum Gasteiger partial charge on any atom is -0.462 e.